The maximum atomic E-state index is 13.3. The molecule has 186 valence electrons. The summed E-state index contributed by atoms with van der Waals surface area (Å²) < 4.78 is 34.1. The van der Waals surface area contributed by atoms with Crippen molar-refractivity contribution < 1.29 is 17.9 Å². The number of carbonyl (C=O) groups is 1. The molecule has 1 aromatic heterocycles. The smallest absolute Gasteiger partial charge is 0.267 e. The van der Waals surface area contributed by atoms with Gasteiger partial charge >= 0.3 is 0 Å². The molecular formula is C25H28ClN3O4S2. The maximum Gasteiger partial charge on any atom is 0.267 e. The van der Waals surface area contributed by atoms with Crippen molar-refractivity contribution in [2.45, 2.75) is 32.6 Å². The van der Waals surface area contributed by atoms with Crippen molar-refractivity contribution in [1.82, 2.24) is 0 Å². The number of aryl methyl sites for hydroxylation is 3. The molecule has 1 saturated heterocycles. The highest BCUT2D eigenvalue weighted by molar-refractivity contribution is 7.92. The molecule has 4 rings (SSSR count). The van der Waals surface area contributed by atoms with Gasteiger partial charge in [-0.15, -0.1) is 11.3 Å². The van der Waals surface area contributed by atoms with E-state index in [2.05, 4.69) is 27.9 Å². The van der Waals surface area contributed by atoms with E-state index in [4.69, 9.17) is 16.3 Å². The van der Waals surface area contributed by atoms with Crippen LogP contribution >= 0.6 is 22.9 Å². The third-order valence-electron chi connectivity index (χ3n) is 6.04. The maximum absolute atomic E-state index is 13.3. The highest BCUT2D eigenvalue weighted by Crippen LogP contribution is 2.35. The van der Waals surface area contributed by atoms with Crippen LogP contribution < -0.4 is 14.9 Å². The van der Waals surface area contributed by atoms with Gasteiger partial charge in [0.2, 0.25) is 0 Å². The number of anilines is 3. The summed E-state index contributed by atoms with van der Waals surface area (Å²) in [7, 11) is -3.90. The van der Waals surface area contributed by atoms with Gasteiger partial charge in [-0.2, -0.15) is 0 Å². The van der Waals surface area contributed by atoms with Crippen molar-refractivity contribution in [3.63, 3.8) is 0 Å². The number of nitrogens with zero attached hydrogens (tertiary/aromatic N) is 1. The Morgan fingerprint density at radius 1 is 1.03 bits per heavy atom. The Hall–Kier alpha value is -2.59. The van der Waals surface area contributed by atoms with Gasteiger partial charge in [0.1, 0.15) is 4.88 Å². The minimum absolute atomic E-state index is 0.111. The Morgan fingerprint density at radius 3 is 2.43 bits per heavy atom. The molecule has 0 aliphatic carbocycles. The molecule has 3 aromatic rings. The summed E-state index contributed by atoms with van der Waals surface area (Å²) in [6, 6.07) is 8.23. The zero-order chi connectivity index (χ0) is 25.3. The molecule has 1 aliphatic rings. The zero-order valence-corrected chi connectivity index (χ0v) is 22.5. The highest BCUT2D eigenvalue weighted by Gasteiger charge is 2.24. The number of hydrogen-bond acceptors (Lipinski definition) is 6. The van der Waals surface area contributed by atoms with E-state index in [1.165, 1.54) is 23.5 Å². The van der Waals surface area contributed by atoms with Gasteiger partial charge in [-0.1, -0.05) is 17.7 Å². The predicted molar refractivity (Wildman–Crippen MR) is 143 cm³/mol. The first-order valence-corrected chi connectivity index (χ1v) is 13.9. The summed E-state index contributed by atoms with van der Waals surface area (Å²) in [6.45, 7) is 10.6. The Morgan fingerprint density at radius 2 is 1.74 bits per heavy atom. The van der Waals surface area contributed by atoms with Crippen molar-refractivity contribution in [3.8, 4) is 0 Å². The molecular weight excluding hydrogens is 506 g/mol. The summed E-state index contributed by atoms with van der Waals surface area (Å²) >= 11 is 7.15. The molecule has 0 atom stereocenters. The van der Waals surface area contributed by atoms with Crippen molar-refractivity contribution >= 4 is 55.9 Å². The number of nitrogens with one attached hydrogen (secondary N) is 2. The van der Waals surface area contributed by atoms with Crippen LogP contribution in [-0.4, -0.2) is 40.6 Å². The molecule has 10 heteroatoms. The summed E-state index contributed by atoms with van der Waals surface area (Å²) in [6.07, 6.45) is 0. The van der Waals surface area contributed by atoms with E-state index < -0.39 is 10.0 Å². The van der Waals surface area contributed by atoms with Gasteiger partial charge < -0.3 is 15.0 Å². The van der Waals surface area contributed by atoms with Crippen LogP contribution in [0, 0.1) is 27.7 Å². The van der Waals surface area contributed by atoms with Crippen LogP contribution in [0.3, 0.4) is 0 Å². The van der Waals surface area contributed by atoms with Crippen LogP contribution in [-0.2, 0) is 14.8 Å². The third-order valence-corrected chi connectivity index (χ3v) is 8.71. The molecule has 0 bridgehead atoms. The fourth-order valence-electron chi connectivity index (χ4n) is 4.49. The second-order valence-corrected chi connectivity index (χ2v) is 11.6. The topological polar surface area (TPSA) is 87.7 Å². The van der Waals surface area contributed by atoms with Crippen LogP contribution in [0.2, 0.25) is 5.02 Å². The fraction of sp³-hybridized carbons (Fsp3) is 0.320. The molecule has 0 saturated carbocycles. The zero-order valence-electron chi connectivity index (χ0n) is 20.1. The third kappa shape index (κ3) is 5.33. The minimum atomic E-state index is -3.90. The molecule has 0 spiro atoms. The molecule has 2 aromatic carbocycles. The Bertz CT molecular complexity index is 1380. The van der Waals surface area contributed by atoms with Gasteiger partial charge in [0, 0.05) is 29.5 Å². The van der Waals surface area contributed by atoms with Crippen LogP contribution in [0.15, 0.2) is 40.6 Å². The number of benzene rings is 2. The molecule has 1 amide bonds. The predicted octanol–water partition coefficient (Wildman–Crippen LogP) is 5.52. The molecule has 1 fully saturated rings. The fourth-order valence-corrected chi connectivity index (χ4v) is 6.83. The van der Waals surface area contributed by atoms with Gasteiger partial charge in [0.15, 0.2) is 0 Å². The van der Waals surface area contributed by atoms with E-state index in [0.717, 1.165) is 41.2 Å². The van der Waals surface area contributed by atoms with E-state index in [1.807, 2.05) is 13.8 Å². The average Bonchev–Trinajstić information content (AvgIpc) is 3.24. The quantitative estimate of drug-likeness (QED) is 0.435. The van der Waals surface area contributed by atoms with E-state index in [9.17, 15) is 13.2 Å². The first kappa shape index (κ1) is 25.5. The van der Waals surface area contributed by atoms with Gasteiger partial charge in [0.05, 0.1) is 23.8 Å². The number of morpholine rings is 1. The number of rotatable bonds is 6. The minimum Gasteiger partial charge on any atom is -0.378 e. The monoisotopic (exact) mass is 533 g/mol. The Labute approximate surface area is 215 Å². The van der Waals surface area contributed by atoms with Crippen molar-refractivity contribution in [3.05, 3.63) is 67.9 Å². The molecule has 2 heterocycles. The van der Waals surface area contributed by atoms with Gasteiger partial charge in [0.25, 0.3) is 15.9 Å². The van der Waals surface area contributed by atoms with Crippen LogP contribution in [0.1, 0.15) is 31.9 Å². The van der Waals surface area contributed by atoms with Gasteiger partial charge in [-0.05, 0) is 79.6 Å². The first-order valence-electron chi connectivity index (χ1n) is 11.2. The lowest BCUT2D eigenvalue weighted by Crippen LogP contribution is -2.37. The van der Waals surface area contributed by atoms with Gasteiger partial charge in [-0.3, -0.25) is 9.52 Å². The van der Waals surface area contributed by atoms with E-state index in [0.29, 0.717) is 23.8 Å². The molecule has 1 aliphatic heterocycles. The Balaban J connectivity index is 1.61. The second kappa shape index (κ2) is 10.2. The molecule has 0 unspecified atom stereocenters. The standard InChI is InChI=1S/C25H28ClN3O4S2/c1-15-14-19(26)5-6-21(15)35(31,32)28-20-7-12-34-24(20)25(30)27-22-16(2)13-17(3)23(18(22)4)29-8-10-33-11-9-29/h5-7,12-14,28H,8-11H2,1-4H3,(H,27,30). The number of ether oxygens (including phenoxy) is 1. The number of carbonyl (C=O) groups excluding carboxylic acids is 1. The number of hydrogen-bond donors (Lipinski definition) is 2. The van der Waals surface area contributed by atoms with Crippen LogP contribution in [0.4, 0.5) is 17.1 Å². The number of thiophene rings is 1. The Kier molecular flexibility index (Phi) is 7.42. The lowest BCUT2D eigenvalue weighted by atomic mass is 10.0. The largest absolute Gasteiger partial charge is 0.378 e. The summed E-state index contributed by atoms with van der Waals surface area (Å²) in [5, 5.41) is 5.18. The molecule has 7 nitrogen and oxygen atoms in total. The average molecular weight is 534 g/mol. The number of sulfonamides is 1. The van der Waals surface area contributed by atoms with Crippen molar-refractivity contribution in [1.29, 1.82) is 0 Å². The summed E-state index contributed by atoms with van der Waals surface area (Å²) in [5.74, 6) is -0.367. The van der Waals surface area contributed by atoms with E-state index in [1.54, 1.807) is 24.4 Å². The van der Waals surface area contributed by atoms with Crippen LogP contribution in [0.25, 0.3) is 0 Å². The highest BCUT2D eigenvalue weighted by atomic mass is 35.5. The molecule has 0 radical (unpaired) electrons. The van der Waals surface area contributed by atoms with Crippen LogP contribution in [0.5, 0.6) is 0 Å². The van der Waals surface area contributed by atoms with Crippen molar-refractivity contribution in [2.75, 3.05) is 41.2 Å². The normalized spacial score (nSPS) is 14.1. The summed E-state index contributed by atoms with van der Waals surface area (Å²) in [5.41, 5.74) is 5.65. The molecule has 35 heavy (non-hydrogen) atoms. The van der Waals surface area contributed by atoms with Gasteiger partial charge in [-0.25, -0.2) is 8.42 Å². The first-order chi connectivity index (χ1) is 16.6. The molecule has 2 N–H and O–H groups in total. The summed E-state index contributed by atoms with van der Waals surface area (Å²) in [4.78, 5) is 16.0. The van der Waals surface area contributed by atoms with Crippen molar-refractivity contribution in [2.24, 2.45) is 0 Å². The number of amides is 1. The SMILES string of the molecule is Cc1cc(Cl)ccc1S(=O)(=O)Nc1ccsc1C(=O)Nc1c(C)cc(C)c(N2CCOCC2)c1C. The van der Waals surface area contributed by atoms with E-state index in [-0.39, 0.29) is 21.4 Å². The second-order valence-electron chi connectivity index (χ2n) is 8.59. The lowest BCUT2D eigenvalue weighted by Gasteiger charge is -2.32. The lowest BCUT2D eigenvalue weighted by molar-refractivity contribution is 0.103. The number of halogens is 1. The van der Waals surface area contributed by atoms with E-state index >= 15 is 0 Å².